The van der Waals surface area contributed by atoms with Gasteiger partial charge in [0.1, 0.15) is 5.82 Å². The van der Waals surface area contributed by atoms with E-state index in [2.05, 4.69) is 22.4 Å². The van der Waals surface area contributed by atoms with E-state index in [4.69, 9.17) is 15.2 Å². The SMILES string of the molecule is COc1ccc(C(Cc2ccccc2)NCC(O)c2ccc(N)nc2)cc1OC. The van der Waals surface area contributed by atoms with Crippen LogP contribution in [0.3, 0.4) is 0 Å². The van der Waals surface area contributed by atoms with E-state index in [0.717, 1.165) is 17.5 Å². The second-order valence-electron chi connectivity index (χ2n) is 6.80. The molecule has 0 fully saturated rings. The molecule has 3 rings (SSSR count). The number of nitrogens with one attached hydrogen (secondary N) is 1. The van der Waals surface area contributed by atoms with Crippen LogP contribution in [-0.2, 0) is 6.42 Å². The summed E-state index contributed by atoms with van der Waals surface area (Å²) in [5.41, 5.74) is 8.60. The van der Waals surface area contributed by atoms with Crippen LogP contribution >= 0.6 is 0 Å². The third-order valence-corrected chi connectivity index (χ3v) is 4.84. The molecule has 0 aliphatic carbocycles. The summed E-state index contributed by atoms with van der Waals surface area (Å²) in [5.74, 6) is 1.79. The molecule has 6 heteroatoms. The summed E-state index contributed by atoms with van der Waals surface area (Å²) < 4.78 is 10.8. The largest absolute Gasteiger partial charge is 0.493 e. The zero-order chi connectivity index (χ0) is 20.6. The first-order chi connectivity index (χ1) is 14.1. The van der Waals surface area contributed by atoms with Crippen molar-refractivity contribution in [1.29, 1.82) is 0 Å². The lowest BCUT2D eigenvalue weighted by molar-refractivity contribution is 0.169. The van der Waals surface area contributed by atoms with Gasteiger partial charge < -0.3 is 25.6 Å². The molecule has 0 saturated carbocycles. The molecule has 0 aliphatic rings. The second kappa shape index (κ2) is 9.91. The first-order valence-electron chi connectivity index (χ1n) is 9.49. The van der Waals surface area contributed by atoms with Crippen LogP contribution in [0.25, 0.3) is 0 Å². The van der Waals surface area contributed by atoms with Crippen molar-refractivity contribution in [3.05, 3.63) is 83.6 Å². The Morgan fingerprint density at radius 3 is 2.34 bits per heavy atom. The van der Waals surface area contributed by atoms with Gasteiger partial charge in [-0.2, -0.15) is 0 Å². The number of aliphatic hydroxyl groups is 1. The van der Waals surface area contributed by atoms with Crippen LogP contribution < -0.4 is 20.5 Å². The lowest BCUT2D eigenvalue weighted by atomic mass is 9.98. The molecule has 2 atom stereocenters. The highest BCUT2D eigenvalue weighted by atomic mass is 16.5. The monoisotopic (exact) mass is 393 g/mol. The zero-order valence-corrected chi connectivity index (χ0v) is 16.7. The Labute approximate surface area is 171 Å². The lowest BCUT2D eigenvalue weighted by Gasteiger charge is -2.23. The number of nitrogens with two attached hydrogens (primary N) is 1. The Morgan fingerprint density at radius 1 is 0.966 bits per heavy atom. The van der Waals surface area contributed by atoms with Gasteiger partial charge in [-0.1, -0.05) is 42.5 Å². The summed E-state index contributed by atoms with van der Waals surface area (Å²) in [6, 6.07) is 19.6. The van der Waals surface area contributed by atoms with E-state index in [0.29, 0.717) is 23.9 Å². The maximum atomic E-state index is 10.6. The molecule has 2 unspecified atom stereocenters. The average molecular weight is 393 g/mol. The van der Waals surface area contributed by atoms with Crippen molar-refractivity contribution in [3.63, 3.8) is 0 Å². The number of benzene rings is 2. The van der Waals surface area contributed by atoms with Crippen molar-refractivity contribution in [1.82, 2.24) is 10.3 Å². The quantitative estimate of drug-likeness (QED) is 0.517. The third kappa shape index (κ3) is 5.47. The predicted octanol–water partition coefficient (Wildman–Crippen LogP) is 3.29. The van der Waals surface area contributed by atoms with Crippen LogP contribution in [0, 0.1) is 0 Å². The highest BCUT2D eigenvalue weighted by Crippen LogP contribution is 2.31. The Bertz CT molecular complexity index is 901. The van der Waals surface area contributed by atoms with E-state index in [1.165, 1.54) is 5.56 Å². The molecule has 3 aromatic rings. The first-order valence-corrected chi connectivity index (χ1v) is 9.49. The van der Waals surface area contributed by atoms with E-state index < -0.39 is 6.10 Å². The minimum absolute atomic E-state index is 0.0198. The molecule has 0 radical (unpaired) electrons. The standard InChI is InChI=1S/C23H27N3O3/c1-28-21-10-8-17(13-22(21)29-2)19(12-16-6-4-3-5-7-16)25-15-20(27)18-9-11-23(24)26-14-18/h3-11,13-14,19-20,25,27H,12,15H2,1-2H3,(H2,24,26). The molecule has 2 aromatic carbocycles. The number of ether oxygens (including phenoxy) is 2. The van der Waals surface area contributed by atoms with Crippen molar-refractivity contribution >= 4 is 5.82 Å². The molecule has 0 bridgehead atoms. The Morgan fingerprint density at radius 2 is 1.69 bits per heavy atom. The summed E-state index contributed by atoms with van der Waals surface area (Å²) in [5, 5.41) is 14.0. The van der Waals surface area contributed by atoms with E-state index in [1.54, 1.807) is 32.5 Å². The van der Waals surface area contributed by atoms with E-state index in [9.17, 15) is 5.11 Å². The third-order valence-electron chi connectivity index (χ3n) is 4.84. The molecule has 1 aromatic heterocycles. The highest BCUT2D eigenvalue weighted by Gasteiger charge is 2.17. The number of anilines is 1. The minimum Gasteiger partial charge on any atom is -0.493 e. The average Bonchev–Trinajstić information content (AvgIpc) is 2.77. The highest BCUT2D eigenvalue weighted by molar-refractivity contribution is 5.44. The number of pyridine rings is 1. The molecule has 6 nitrogen and oxygen atoms in total. The van der Waals surface area contributed by atoms with E-state index in [-0.39, 0.29) is 6.04 Å². The Kier molecular flexibility index (Phi) is 7.05. The molecule has 1 heterocycles. The van der Waals surface area contributed by atoms with Gasteiger partial charge in [0.05, 0.1) is 20.3 Å². The van der Waals surface area contributed by atoms with Gasteiger partial charge in [0.15, 0.2) is 11.5 Å². The molecule has 0 spiro atoms. The van der Waals surface area contributed by atoms with Crippen molar-refractivity contribution in [2.45, 2.75) is 18.6 Å². The molecule has 0 amide bonds. The van der Waals surface area contributed by atoms with Gasteiger partial charge in [-0.25, -0.2) is 4.98 Å². The van der Waals surface area contributed by atoms with Gasteiger partial charge in [0, 0.05) is 24.3 Å². The van der Waals surface area contributed by atoms with Crippen LogP contribution in [0.1, 0.15) is 28.8 Å². The fraction of sp³-hybridized carbons (Fsp3) is 0.261. The number of nitrogen functional groups attached to an aromatic ring is 1. The number of methoxy groups -OCH3 is 2. The van der Waals surface area contributed by atoms with Gasteiger partial charge in [0.2, 0.25) is 0 Å². The summed E-state index contributed by atoms with van der Waals surface area (Å²) >= 11 is 0. The predicted molar refractivity (Wildman–Crippen MR) is 114 cm³/mol. The molecule has 0 saturated heterocycles. The van der Waals surface area contributed by atoms with Gasteiger partial charge in [-0.15, -0.1) is 0 Å². The molecule has 29 heavy (non-hydrogen) atoms. The molecular formula is C23H27N3O3. The van der Waals surface area contributed by atoms with Crippen LogP contribution in [0.5, 0.6) is 11.5 Å². The summed E-state index contributed by atoms with van der Waals surface area (Å²) in [4.78, 5) is 4.05. The Hall–Kier alpha value is -3.09. The van der Waals surface area contributed by atoms with Crippen molar-refractivity contribution in [3.8, 4) is 11.5 Å². The fourth-order valence-electron chi connectivity index (χ4n) is 3.21. The first kappa shape index (κ1) is 20.6. The maximum absolute atomic E-state index is 10.6. The van der Waals surface area contributed by atoms with Crippen LogP contribution in [0.2, 0.25) is 0 Å². The van der Waals surface area contributed by atoms with E-state index >= 15 is 0 Å². The van der Waals surface area contributed by atoms with Crippen LogP contribution in [-0.4, -0.2) is 30.9 Å². The molecular weight excluding hydrogens is 366 g/mol. The van der Waals surface area contributed by atoms with Crippen molar-refractivity contribution in [2.75, 3.05) is 26.5 Å². The maximum Gasteiger partial charge on any atom is 0.161 e. The Balaban J connectivity index is 1.80. The topological polar surface area (TPSA) is 89.6 Å². The summed E-state index contributed by atoms with van der Waals surface area (Å²) in [6.45, 7) is 0.372. The van der Waals surface area contributed by atoms with Gasteiger partial charge >= 0.3 is 0 Å². The second-order valence-corrected chi connectivity index (χ2v) is 6.80. The van der Waals surface area contributed by atoms with Crippen molar-refractivity contribution in [2.24, 2.45) is 0 Å². The van der Waals surface area contributed by atoms with Crippen LogP contribution in [0.4, 0.5) is 5.82 Å². The normalized spacial score (nSPS) is 12.9. The molecule has 152 valence electrons. The smallest absolute Gasteiger partial charge is 0.161 e. The summed E-state index contributed by atoms with van der Waals surface area (Å²) in [7, 11) is 3.24. The molecule has 4 N–H and O–H groups in total. The van der Waals surface area contributed by atoms with Gasteiger partial charge in [-0.05, 0) is 35.7 Å². The van der Waals surface area contributed by atoms with E-state index in [1.807, 2.05) is 36.4 Å². The summed E-state index contributed by atoms with van der Waals surface area (Å²) in [6.07, 6.45) is 1.68. The van der Waals surface area contributed by atoms with Crippen LogP contribution in [0.15, 0.2) is 66.9 Å². The number of hydrogen-bond donors (Lipinski definition) is 3. The van der Waals surface area contributed by atoms with Gasteiger partial charge in [0.25, 0.3) is 0 Å². The lowest BCUT2D eigenvalue weighted by Crippen LogP contribution is -2.28. The van der Waals surface area contributed by atoms with Crippen molar-refractivity contribution < 1.29 is 14.6 Å². The number of nitrogens with zero attached hydrogens (tertiary/aromatic N) is 1. The number of aliphatic hydroxyl groups excluding tert-OH is 1. The fourth-order valence-corrected chi connectivity index (χ4v) is 3.21. The molecule has 0 aliphatic heterocycles. The van der Waals surface area contributed by atoms with Gasteiger partial charge in [-0.3, -0.25) is 0 Å². The minimum atomic E-state index is -0.693. The number of hydrogen-bond acceptors (Lipinski definition) is 6. The number of aromatic nitrogens is 1. The zero-order valence-electron chi connectivity index (χ0n) is 16.7. The number of rotatable bonds is 9.